The maximum absolute atomic E-state index is 11.4. The molecule has 2 aliphatic carbocycles. The van der Waals surface area contributed by atoms with E-state index in [9.17, 15) is 9.59 Å². The largest absolute Gasteiger partial charge is 0.352 e. The molecular formula is C21H33NO2. The van der Waals surface area contributed by atoms with Crippen LogP contribution in [0.15, 0.2) is 24.3 Å². The Balaban J connectivity index is 0.000000175. The van der Waals surface area contributed by atoms with E-state index >= 15 is 0 Å². The Hall–Kier alpha value is -1.38. The number of Topliss-reactive ketones (excluding diaryl/α,β-unsaturated/α-hetero) is 1. The Morgan fingerprint density at radius 3 is 2.17 bits per heavy atom. The molecule has 0 aromatic carbocycles. The Kier molecular flexibility index (Phi) is 7.74. The average Bonchev–Trinajstić information content (AvgIpc) is 2.50. The zero-order valence-electron chi connectivity index (χ0n) is 15.3. The zero-order chi connectivity index (χ0) is 17.4. The molecule has 3 heteroatoms. The summed E-state index contributed by atoms with van der Waals surface area (Å²) < 4.78 is 0. The van der Waals surface area contributed by atoms with Crippen molar-refractivity contribution in [2.24, 2.45) is 17.8 Å². The van der Waals surface area contributed by atoms with Crippen LogP contribution in [0.25, 0.3) is 0 Å². The molecule has 2 unspecified atom stereocenters. The van der Waals surface area contributed by atoms with Crippen LogP contribution in [-0.2, 0) is 9.59 Å². The summed E-state index contributed by atoms with van der Waals surface area (Å²) >= 11 is 0. The molecule has 0 radical (unpaired) electrons. The molecule has 4 atom stereocenters. The lowest BCUT2D eigenvalue weighted by molar-refractivity contribution is -0.135. The molecule has 1 aliphatic heterocycles. The molecule has 0 bridgehead atoms. The van der Waals surface area contributed by atoms with Gasteiger partial charge in [-0.2, -0.15) is 0 Å². The van der Waals surface area contributed by atoms with Gasteiger partial charge >= 0.3 is 0 Å². The first kappa shape index (κ1) is 19.0. The predicted molar refractivity (Wildman–Crippen MR) is 98.6 cm³/mol. The monoisotopic (exact) mass is 331 g/mol. The number of amides is 1. The van der Waals surface area contributed by atoms with Crippen LogP contribution in [0.2, 0.25) is 0 Å². The highest BCUT2D eigenvalue weighted by Gasteiger charge is 2.37. The summed E-state index contributed by atoms with van der Waals surface area (Å²) in [5.41, 5.74) is 0. The minimum absolute atomic E-state index is 0.269. The van der Waals surface area contributed by atoms with Crippen molar-refractivity contribution in [2.75, 3.05) is 0 Å². The Bertz CT molecular complexity index is 480. The van der Waals surface area contributed by atoms with Crippen molar-refractivity contribution < 1.29 is 9.59 Å². The summed E-state index contributed by atoms with van der Waals surface area (Å²) in [5, 5.41) is 2.94. The fraction of sp³-hybridized carbons (Fsp3) is 0.714. The SMILES string of the molecule is CCC1CC/C=C\CC[C@H]1C(C)=O.O=C1NC2CC/C=C\CC[C@@H]12. The second-order valence-electron chi connectivity index (χ2n) is 7.36. The Morgan fingerprint density at radius 2 is 1.58 bits per heavy atom. The summed E-state index contributed by atoms with van der Waals surface area (Å²) in [6.07, 6.45) is 18.9. The molecule has 3 nitrogen and oxygen atoms in total. The van der Waals surface area contributed by atoms with Crippen molar-refractivity contribution in [1.29, 1.82) is 0 Å². The molecule has 1 heterocycles. The highest BCUT2D eigenvalue weighted by molar-refractivity contribution is 5.85. The predicted octanol–water partition coefficient (Wildman–Crippen LogP) is 4.58. The molecule has 0 spiro atoms. The second-order valence-corrected chi connectivity index (χ2v) is 7.36. The molecule has 1 N–H and O–H groups in total. The lowest BCUT2D eigenvalue weighted by Gasteiger charge is -2.37. The van der Waals surface area contributed by atoms with Gasteiger partial charge < -0.3 is 5.32 Å². The highest BCUT2D eigenvalue weighted by atomic mass is 16.2. The van der Waals surface area contributed by atoms with Gasteiger partial charge in [-0.1, -0.05) is 37.6 Å². The standard InChI is InChI=1S/C12H20O.C9H13NO/c1-3-11-8-6-4-5-7-9-12(11)10(2)13;11-9-7-5-3-1-2-4-6-8(7)10-9/h4-5,11-12H,3,6-9H2,1-2H3;1-2,7-8H,3-6H2,(H,10,11)/b5-4-;2-1-/t11?,12-;7-,8?/m01/s1. The number of carbonyl (C=O) groups excluding carboxylic acids is 2. The number of ketones is 1. The number of nitrogens with one attached hydrogen (secondary N) is 1. The van der Waals surface area contributed by atoms with E-state index in [2.05, 4.69) is 36.5 Å². The molecular weight excluding hydrogens is 298 g/mol. The van der Waals surface area contributed by atoms with Gasteiger partial charge in [-0.05, 0) is 64.2 Å². The fourth-order valence-electron chi connectivity index (χ4n) is 4.15. The minimum atomic E-state index is 0.269. The molecule has 0 aromatic heterocycles. The van der Waals surface area contributed by atoms with Gasteiger partial charge in [-0.15, -0.1) is 0 Å². The number of β-lactam (4-membered cyclic amide) rings is 1. The second kappa shape index (κ2) is 9.80. The Morgan fingerprint density at radius 1 is 1.00 bits per heavy atom. The number of rotatable bonds is 2. The Labute approximate surface area is 147 Å². The molecule has 3 aliphatic rings. The van der Waals surface area contributed by atoms with Gasteiger partial charge in [0.2, 0.25) is 5.91 Å². The summed E-state index contributed by atoms with van der Waals surface area (Å²) in [6.45, 7) is 3.95. The topological polar surface area (TPSA) is 46.2 Å². The summed E-state index contributed by atoms with van der Waals surface area (Å²) in [4.78, 5) is 22.4. The maximum atomic E-state index is 11.4. The van der Waals surface area contributed by atoms with Gasteiger partial charge in [-0.25, -0.2) is 0 Å². The minimum Gasteiger partial charge on any atom is -0.352 e. The van der Waals surface area contributed by atoms with Crippen LogP contribution in [0.4, 0.5) is 0 Å². The number of hydrogen-bond acceptors (Lipinski definition) is 2. The van der Waals surface area contributed by atoms with Crippen LogP contribution >= 0.6 is 0 Å². The van der Waals surface area contributed by atoms with Crippen LogP contribution in [0.5, 0.6) is 0 Å². The highest BCUT2D eigenvalue weighted by Crippen LogP contribution is 2.28. The summed E-state index contributed by atoms with van der Waals surface area (Å²) in [7, 11) is 0. The fourth-order valence-corrected chi connectivity index (χ4v) is 4.15. The summed E-state index contributed by atoms with van der Waals surface area (Å²) in [5.74, 6) is 1.95. The first-order valence-corrected chi connectivity index (χ1v) is 9.74. The van der Waals surface area contributed by atoms with Gasteiger partial charge in [0.25, 0.3) is 0 Å². The third-order valence-electron chi connectivity index (χ3n) is 5.74. The molecule has 0 aromatic rings. The van der Waals surface area contributed by atoms with E-state index in [-0.39, 0.29) is 5.91 Å². The average molecular weight is 332 g/mol. The van der Waals surface area contributed by atoms with Crippen molar-refractivity contribution in [3.05, 3.63) is 24.3 Å². The first-order chi connectivity index (χ1) is 11.6. The van der Waals surface area contributed by atoms with Gasteiger partial charge in [0, 0.05) is 12.0 Å². The van der Waals surface area contributed by atoms with Gasteiger partial charge in [0.15, 0.2) is 0 Å². The quantitative estimate of drug-likeness (QED) is 0.595. The van der Waals surface area contributed by atoms with Crippen LogP contribution in [0.1, 0.15) is 71.6 Å². The lowest BCUT2D eigenvalue weighted by atomic mass is 9.80. The molecule has 3 rings (SSSR count). The third kappa shape index (κ3) is 5.32. The van der Waals surface area contributed by atoms with E-state index in [1.165, 1.54) is 6.42 Å². The van der Waals surface area contributed by atoms with Crippen molar-refractivity contribution in [3.63, 3.8) is 0 Å². The van der Waals surface area contributed by atoms with Crippen molar-refractivity contribution in [1.82, 2.24) is 5.32 Å². The first-order valence-electron chi connectivity index (χ1n) is 9.74. The number of fused-ring (bicyclic) bond motifs is 1. The van der Waals surface area contributed by atoms with Crippen molar-refractivity contribution in [3.8, 4) is 0 Å². The molecule has 1 fully saturated rings. The van der Waals surface area contributed by atoms with Crippen molar-refractivity contribution in [2.45, 2.75) is 77.7 Å². The maximum Gasteiger partial charge on any atom is 0.225 e. The van der Waals surface area contributed by atoms with E-state index in [1.807, 2.05) is 0 Å². The molecule has 1 saturated heterocycles. The lowest BCUT2D eigenvalue weighted by Crippen LogP contribution is -2.57. The van der Waals surface area contributed by atoms with E-state index in [0.29, 0.717) is 29.6 Å². The number of hydrogen-bond donors (Lipinski definition) is 1. The van der Waals surface area contributed by atoms with Gasteiger partial charge in [0.1, 0.15) is 5.78 Å². The van der Waals surface area contributed by atoms with Gasteiger partial charge in [-0.3, -0.25) is 9.59 Å². The smallest absolute Gasteiger partial charge is 0.225 e. The normalized spacial score (nSPS) is 35.2. The third-order valence-corrected chi connectivity index (χ3v) is 5.74. The molecule has 24 heavy (non-hydrogen) atoms. The van der Waals surface area contributed by atoms with E-state index in [4.69, 9.17) is 0 Å². The summed E-state index contributed by atoms with van der Waals surface area (Å²) in [6, 6.07) is 0.493. The van der Waals surface area contributed by atoms with Crippen LogP contribution in [0, 0.1) is 17.8 Å². The molecule has 134 valence electrons. The van der Waals surface area contributed by atoms with E-state index in [0.717, 1.165) is 51.4 Å². The molecule has 1 amide bonds. The van der Waals surface area contributed by atoms with Crippen molar-refractivity contribution >= 4 is 11.7 Å². The number of carbonyl (C=O) groups is 2. The van der Waals surface area contributed by atoms with E-state index in [1.54, 1.807) is 6.92 Å². The van der Waals surface area contributed by atoms with E-state index < -0.39 is 0 Å². The van der Waals surface area contributed by atoms with Crippen LogP contribution in [-0.4, -0.2) is 17.7 Å². The van der Waals surface area contributed by atoms with Crippen LogP contribution < -0.4 is 5.32 Å². The van der Waals surface area contributed by atoms with Gasteiger partial charge in [0.05, 0.1) is 5.92 Å². The van der Waals surface area contributed by atoms with Crippen LogP contribution in [0.3, 0.4) is 0 Å². The zero-order valence-corrected chi connectivity index (χ0v) is 15.3. The molecule has 0 saturated carbocycles. The number of allylic oxidation sites excluding steroid dienone is 4.